The standard InChI is InChI=1S/C14H19N3O/c1-18-13-7-3-2-6-11(13)12-10-16-14(17-12)8-4-5-9-15/h2-3,6-7,10H,4-5,8-9,15H2,1H3,(H,16,17). The molecule has 0 aliphatic carbocycles. The van der Waals surface area contributed by atoms with Crippen molar-refractivity contribution < 1.29 is 4.74 Å². The highest BCUT2D eigenvalue weighted by molar-refractivity contribution is 5.66. The number of aromatic amines is 1. The third-order valence-corrected chi connectivity index (χ3v) is 2.89. The van der Waals surface area contributed by atoms with E-state index in [0.717, 1.165) is 48.6 Å². The number of H-pyrrole nitrogens is 1. The van der Waals surface area contributed by atoms with Crippen molar-refractivity contribution in [3.8, 4) is 17.0 Å². The van der Waals surface area contributed by atoms with Gasteiger partial charge >= 0.3 is 0 Å². The van der Waals surface area contributed by atoms with Crippen molar-refractivity contribution in [1.29, 1.82) is 0 Å². The molecule has 3 N–H and O–H groups in total. The van der Waals surface area contributed by atoms with E-state index in [9.17, 15) is 0 Å². The Morgan fingerprint density at radius 1 is 1.28 bits per heavy atom. The molecule has 2 rings (SSSR count). The zero-order chi connectivity index (χ0) is 12.8. The Hall–Kier alpha value is -1.81. The average Bonchev–Trinajstić information content (AvgIpc) is 2.88. The Morgan fingerprint density at radius 2 is 2.11 bits per heavy atom. The molecular weight excluding hydrogens is 226 g/mol. The SMILES string of the molecule is COc1ccccc1-c1cnc(CCCCN)[nH]1. The molecule has 0 unspecified atom stereocenters. The fourth-order valence-corrected chi connectivity index (χ4v) is 1.93. The molecule has 0 aliphatic rings. The minimum atomic E-state index is 0.736. The number of aromatic nitrogens is 2. The van der Waals surface area contributed by atoms with Gasteiger partial charge in [0.1, 0.15) is 11.6 Å². The van der Waals surface area contributed by atoms with E-state index in [-0.39, 0.29) is 0 Å². The van der Waals surface area contributed by atoms with Crippen LogP contribution in [0.5, 0.6) is 5.75 Å². The molecule has 0 saturated heterocycles. The molecule has 0 radical (unpaired) electrons. The van der Waals surface area contributed by atoms with Crippen LogP contribution in [0.2, 0.25) is 0 Å². The van der Waals surface area contributed by atoms with Gasteiger partial charge < -0.3 is 15.5 Å². The topological polar surface area (TPSA) is 63.9 Å². The second-order valence-corrected chi connectivity index (χ2v) is 4.19. The van der Waals surface area contributed by atoms with E-state index >= 15 is 0 Å². The van der Waals surface area contributed by atoms with Gasteiger partial charge in [0.25, 0.3) is 0 Å². The summed E-state index contributed by atoms with van der Waals surface area (Å²) in [7, 11) is 1.68. The zero-order valence-corrected chi connectivity index (χ0v) is 10.6. The fraction of sp³-hybridized carbons (Fsp3) is 0.357. The molecule has 1 aromatic heterocycles. The maximum absolute atomic E-state index is 5.48. The van der Waals surface area contributed by atoms with Crippen LogP contribution in [0, 0.1) is 0 Å². The lowest BCUT2D eigenvalue weighted by atomic mass is 10.1. The number of hydrogen-bond donors (Lipinski definition) is 2. The molecule has 2 aromatic rings. The summed E-state index contributed by atoms with van der Waals surface area (Å²) >= 11 is 0. The number of nitrogens with two attached hydrogens (primary N) is 1. The molecule has 1 aromatic carbocycles. The molecule has 0 saturated carbocycles. The van der Waals surface area contributed by atoms with Gasteiger partial charge in [0.2, 0.25) is 0 Å². The number of para-hydroxylation sites is 1. The highest BCUT2D eigenvalue weighted by Gasteiger charge is 2.07. The van der Waals surface area contributed by atoms with Gasteiger partial charge in [0, 0.05) is 12.0 Å². The number of methoxy groups -OCH3 is 1. The Kier molecular flexibility index (Phi) is 4.36. The third-order valence-electron chi connectivity index (χ3n) is 2.89. The number of ether oxygens (including phenoxy) is 1. The summed E-state index contributed by atoms with van der Waals surface area (Å²) < 4.78 is 5.34. The van der Waals surface area contributed by atoms with Crippen LogP contribution in [0.25, 0.3) is 11.3 Å². The van der Waals surface area contributed by atoms with Gasteiger partial charge in [0.05, 0.1) is 19.0 Å². The Labute approximate surface area is 107 Å². The average molecular weight is 245 g/mol. The minimum absolute atomic E-state index is 0.736. The van der Waals surface area contributed by atoms with E-state index in [1.165, 1.54) is 0 Å². The summed E-state index contributed by atoms with van der Waals surface area (Å²) in [6.45, 7) is 0.736. The van der Waals surface area contributed by atoms with Crippen molar-refractivity contribution in [3.63, 3.8) is 0 Å². The number of imidazole rings is 1. The number of hydrogen-bond acceptors (Lipinski definition) is 3. The van der Waals surface area contributed by atoms with Crippen LogP contribution in [0.4, 0.5) is 0 Å². The van der Waals surface area contributed by atoms with Gasteiger partial charge in [-0.2, -0.15) is 0 Å². The summed E-state index contributed by atoms with van der Waals surface area (Å²) in [5, 5.41) is 0. The van der Waals surface area contributed by atoms with E-state index in [4.69, 9.17) is 10.5 Å². The van der Waals surface area contributed by atoms with Crippen LogP contribution >= 0.6 is 0 Å². The number of benzene rings is 1. The summed E-state index contributed by atoms with van der Waals surface area (Å²) in [6.07, 6.45) is 4.89. The van der Waals surface area contributed by atoms with Crippen molar-refractivity contribution in [1.82, 2.24) is 9.97 Å². The lowest BCUT2D eigenvalue weighted by Crippen LogP contribution is -1.99. The third kappa shape index (κ3) is 2.90. The first-order valence-corrected chi connectivity index (χ1v) is 6.22. The molecular formula is C14H19N3O. The van der Waals surface area contributed by atoms with Crippen LogP contribution in [0.1, 0.15) is 18.7 Å². The Balaban J connectivity index is 2.13. The maximum Gasteiger partial charge on any atom is 0.128 e. The van der Waals surface area contributed by atoms with Crippen LogP contribution in [-0.4, -0.2) is 23.6 Å². The molecule has 0 atom stereocenters. The molecule has 18 heavy (non-hydrogen) atoms. The minimum Gasteiger partial charge on any atom is -0.496 e. The Morgan fingerprint density at radius 3 is 2.89 bits per heavy atom. The second-order valence-electron chi connectivity index (χ2n) is 4.19. The molecule has 96 valence electrons. The van der Waals surface area contributed by atoms with Gasteiger partial charge in [-0.1, -0.05) is 12.1 Å². The van der Waals surface area contributed by atoms with Gasteiger partial charge in [-0.25, -0.2) is 4.98 Å². The molecule has 0 bridgehead atoms. The van der Waals surface area contributed by atoms with Crippen LogP contribution in [-0.2, 0) is 6.42 Å². The first-order chi connectivity index (χ1) is 8.85. The number of rotatable bonds is 6. The van der Waals surface area contributed by atoms with E-state index in [1.54, 1.807) is 7.11 Å². The van der Waals surface area contributed by atoms with E-state index in [0.29, 0.717) is 0 Å². The Bertz CT molecular complexity index is 493. The summed E-state index contributed by atoms with van der Waals surface area (Å²) in [6, 6.07) is 7.92. The maximum atomic E-state index is 5.48. The molecule has 0 fully saturated rings. The van der Waals surface area contributed by atoms with Gasteiger partial charge in [-0.15, -0.1) is 0 Å². The second kappa shape index (κ2) is 6.21. The smallest absolute Gasteiger partial charge is 0.128 e. The molecule has 0 amide bonds. The van der Waals surface area contributed by atoms with Crippen molar-refractivity contribution in [3.05, 3.63) is 36.3 Å². The largest absolute Gasteiger partial charge is 0.496 e. The molecule has 0 spiro atoms. The molecule has 4 nitrogen and oxygen atoms in total. The number of nitrogens with zero attached hydrogens (tertiary/aromatic N) is 1. The van der Waals surface area contributed by atoms with Crippen LogP contribution in [0.15, 0.2) is 30.5 Å². The van der Waals surface area contributed by atoms with E-state index in [2.05, 4.69) is 9.97 Å². The van der Waals surface area contributed by atoms with E-state index < -0.39 is 0 Å². The predicted octanol–water partition coefficient (Wildman–Crippen LogP) is 2.37. The first kappa shape index (κ1) is 12.6. The summed E-state index contributed by atoms with van der Waals surface area (Å²) in [5.41, 5.74) is 7.51. The highest BCUT2D eigenvalue weighted by atomic mass is 16.5. The zero-order valence-electron chi connectivity index (χ0n) is 10.6. The monoisotopic (exact) mass is 245 g/mol. The summed E-state index contributed by atoms with van der Waals surface area (Å²) in [5.74, 6) is 1.86. The quantitative estimate of drug-likeness (QED) is 0.768. The summed E-state index contributed by atoms with van der Waals surface area (Å²) in [4.78, 5) is 7.72. The molecule has 1 heterocycles. The van der Waals surface area contributed by atoms with E-state index in [1.807, 2.05) is 30.5 Å². The number of nitrogens with one attached hydrogen (secondary N) is 1. The highest BCUT2D eigenvalue weighted by Crippen LogP contribution is 2.28. The number of unbranched alkanes of at least 4 members (excludes halogenated alkanes) is 1. The lowest BCUT2D eigenvalue weighted by molar-refractivity contribution is 0.416. The van der Waals surface area contributed by atoms with Gasteiger partial charge in [-0.3, -0.25) is 0 Å². The van der Waals surface area contributed by atoms with Crippen LogP contribution in [0.3, 0.4) is 0 Å². The van der Waals surface area contributed by atoms with Gasteiger partial charge in [-0.05, 0) is 31.5 Å². The fourth-order valence-electron chi connectivity index (χ4n) is 1.93. The van der Waals surface area contributed by atoms with Crippen molar-refractivity contribution in [2.75, 3.05) is 13.7 Å². The first-order valence-electron chi connectivity index (χ1n) is 6.22. The van der Waals surface area contributed by atoms with Crippen molar-refractivity contribution in [2.45, 2.75) is 19.3 Å². The van der Waals surface area contributed by atoms with Crippen molar-refractivity contribution >= 4 is 0 Å². The normalized spacial score (nSPS) is 10.6. The molecule has 4 heteroatoms. The molecule has 0 aliphatic heterocycles. The van der Waals surface area contributed by atoms with Crippen LogP contribution < -0.4 is 10.5 Å². The number of aryl methyl sites for hydroxylation is 1. The van der Waals surface area contributed by atoms with Crippen molar-refractivity contribution in [2.24, 2.45) is 5.73 Å². The lowest BCUT2D eigenvalue weighted by Gasteiger charge is -2.05. The predicted molar refractivity (Wildman–Crippen MR) is 72.6 cm³/mol. The van der Waals surface area contributed by atoms with Gasteiger partial charge in [0.15, 0.2) is 0 Å².